The van der Waals surface area contributed by atoms with E-state index >= 15 is 0 Å². The van der Waals surface area contributed by atoms with Gasteiger partial charge in [0, 0.05) is 25.7 Å². The molecule has 3 unspecified atom stereocenters. The van der Waals surface area contributed by atoms with Crippen molar-refractivity contribution in [1.82, 2.24) is 4.90 Å². The van der Waals surface area contributed by atoms with Crippen LogP contribution in [0.4, 0.5) is 0 Å². The first kappa shape index (κ1) is 12.9. The van der Waals surface area contributed by atoms with E-state index in [0.717, 1.165) is 37.1 Å². The SMILES string of the molecule is COC1CC(CN)(N(C)CC2CC3CCC2C3)C1. The lowest BCUT2D eigenvalue weighted by Crippen LogP contribution is -2.63. The van der Waals surface area contributed by atoms with Crippen molar-refractivity contribution in [3.63, 3.8) is 0 Å². The Bertz CT molecular complexity index is 301. The first-order valence-electron chi connectivity index (χ1n) is 7.61. The van der Waals surface area contributed by atoms with Crippen molar-refractivity contribution in [2.45, 2.75) is 50.2 Å². The van der Waals surface area contributed by atoms with Crippen LogP contribution in [-0.4, -0.2) is 43.8 Å². The van der Waals surface area contributed by atoms with Crippen LogP contribution in [0.1, 0.15) is 38.5 Å². The number of hydrogen-bond donors (Lipinski definition) is 1. The van der Waals surface area contributed by atoms with Crippen molar-refractivity contribution in [2.24, 2.45) is 23.5 Å². The maximum absolute atomic E-state index is 6.04. The van der Waals surface area contributed by atoms with Crippen LogP contribution in [-0.2, 0) is 4.74 Å². The fraction of sp³-hybridized carbons (Fsp3) is 1.00. The molecule has 0 saturated heterocycles. The molecule has 3 rings (SSSR count). The second-order valence-electron chi connectivity index (χ2n) is 7.01. The van der Waals surface area contributed by atoms with E-state index in [2.05, 4.69) is 11.9 Å². The number of methoxy groups -OCH3 is 1. The number of likely N-dealkylation sites (N-methyl/N-ethyl adjacent to an activating group) is 1. The maximum atomic E-state index is 6.04. The Morgan fingerprint density at radius 1 is 1.28 bits per heavy atom. The molecule has 3 heteroatoms. The molecule has 18 heavy (non-hydrogen) atoms. The van der Waals surface area contributed by atoms with Crippen LogP contribution in [0.5, 0.6) is 0 Å². The minimum atomic E-state index is 0.239. The lowest BCUT2D eigenvalue weighted by Gasteiger charge is -2.53. The summed E-state index contributed by atoms with van der Waals surface area (Å²) in [4.78, 5) is 2.56. The van der Waals surface area contributed by atoms with Gasteiger partial charge in [-0.15, -0.1) is 0 Å². The lowest BCUT2D eigenvalue weighted by atomic mass is 9.72. The Kier molecular flexibility index (Phi) is 3.41. The molecular weight excluding hydrogens is 224 g/mol. The Labute approximate surface area is 111 Å². The molecule has 0 heterocycles. The normalized spacial score (nSPS) is 46.7. The molecule has 0 amide bonds. The number of nitrogens with two attached hydrogens (primary N) is 1. The van der Waals surface area contributed by atoms with E-state index in [4.69, 9.17) is 10.5 Å². The third-order valence-electron chi connectivity index (χ3n) is 6.13. The highest BCUT2D eigenvalue weighted by atomic mass is 16.5. The van der Waals surface area contributed by atoms with E-state index in [1.807, 2.05) is 7.11 Å². The zero-order valence-corrected chi connectivity index (χ0v) is 11.9. The predicted molar refractivity (Wildman–Crippen MR) is 73.4 cm³/mol. The molecule has 2 N–H and O–H groups in total. The van der Waals surface area contributed by atoms with Crippen molar-refractivity contribution in [3.05, 3.63) is 0 Å². The fourth-order valence-electron chi connectivity index (χ4n) is 4.73. The number of fused-ring (bicyclic) bond motifs is 2. The quantitative estimate of drug-likeness (QED) is 0.811. The summed E-state index contributed by atoms with van der Waals surface area (Å²) in [5.41, 5.74) is 6.28. The molecule has 3 saturated carbocycles. The van der Waals surface area contributed by atoms with Crippen molar-refractivity contribution < 1.29 is 4.74 Å². The number of hydrogen-bond acceptors (Lipinski definition) is 3. The van der Waals surface area contributed by atoms with Crippen molar-refractivity contribution in [2.75, 3.05) is 27.2 Å². The number of rotatable bonds is 5. The summed E-state index contributed by atoms with van der Waals surface area (Å²) in [5.74, 6) is 3.01. The molecule has 0 spiro atoms. The average molecular weight is 252 g/mol. The van der Waals surface area contributed by atoms with Gasteiger partial charge in [0.1, 0.15) is 0 Å². The summed E-state index contributed by atoms with van der Waals surface area (Å²) in [6.45, 7) is 2.04. The summed E-state index contributed by atoms with van der Waals surface area (Å²) in [6, 6.07) is 0. The van der Waals surface area contributed by atoms with Gasteiger partial charge in [-0.05, 0) is 56.9 Å². The Morgan fingerprint density at radius 2 is 2.06 bits per heavy atom. The zero-order chi connectivity index (χ0) is 12.8. The Hall–Kier alpha value is -0.120. The average Bonchev–Trinajstić information content (AvgIpc) is 2.90. The molecule has 0 aromatic heterocycles. The monoisotopic (exact) mass is 252 g/mol. The fourth-order valence-corrected chi connectivity index (χ4v) is 4.73. The summed E-state index contributed by atoms with van der Waals surface area (Å²) < 4.78 is 5.43. The van der Waals surface area contributed by atoms with Crippen LogP contribution in [0, 0.1) is 17.8 Å². The smallest absolute Gasteiger partial charge is 0.0607 e. The highest BCUT2D eigenvalue weighted by Crippen LogP contribution is 2.49. The summed E-state index contributed by atoms with van der Waals surface area (Å²) in [5, 5.41) is 0. The van der Waals surface area contributed by atoms with Gasteiger partial charge in [0.25, 0.3) is 0 Å². The standard InChI is InChI=1S/C15H28N2O/c1-17(15(10-16)7-14(8-15)18-2)9-13-6-11-3-4-12(13)5-11/h11-14H,3-10,16H2,1-2H3. The van der Waals surface area contributed by atoms with Crippen LogP contribution < -0.4 is 5.73 Å². The second-order valence-corrected chi connectivity index (χ2v) is 7.01. The van der Waals surface area contributed by atoms with E-state index in [1.165, 1.54) is 32.2 Å². The van der Waals surface area contributed by atoms with E-state index in [-0.39, 0.29) is 5.54 Å². The minimum absolute atomic E-state index is 0.239. The van der Waals surface area contributed by atoms with Crippen LogP contribution >= 0.6 is 0 Å². The molecule has 3 aliphatic rings. The molecule has 0 radical (unpaired) electrons. The van der Waals surface area contributed by atoms with Gasteiger partial charge in [-0.25, -0.2) is 0 Å². The highest BCUT2D eigenvalue weighted by Gasteiger charge is 2.48. The van der Waals surface area contributed by atoms with Crippen LogP contribution in [0.15, 0.2) is 0 Å². The topological polar surface area (TPSA) is 38.5 Å². The van der Waals surface area contributed by atoms with Gasteiger partial charge in [0.05, 0.1) is 6.10 Å². The van der Waals surface area contributed by atoms with Crippen molar-refractivity contribution in [3.8, 4) is 0 Å². The largest absolute Gasteiger partial charge is 0.381 e. The van der Waals surface area contributed by atoms with Crippen molar-refractivity contribution in [1.29, 1.82) is 0 Å². The molecular formula is C15H28N2O. The van der Waals surface area contributed by atoms with Crippen LogP contribution in [0.2, 0.25) is 0 Å². The minimum Gasteiger partial charge on any atom is -0.381 e. The van der Waals surface area contributed by atoms with Gasteiger partial charge in [-0.1, -0.05) is 6.42 Å². The molecule has 0 aromatic carbocycles. The third-order valence-corrected chi connectivity index (χ3v) is 6.13. The summed E-state index contributed by atoms with van der Waals surface area (Å²) >= 11 is 0. The van der Waals surface area contributed by atoms with Crippen LogP contribution in [0.3, 0.4) is 0 Å². The van der Waals surface area contributed by atoms with Crippen molar-refractivity contribution >= 4 is 0 Å². The first-order valence-corrected chi connectivity index (χ1v) is 7.61. The molecule has 3 nitrogen and oxygen atoms in total. The maximum Gasteiger partial charge on any atom is 0.0607 e. The summed E-state index contributed by atoms with van der Waals surface area (Å²) in [7, 11) is 4.10. The first-order chi connectivity index (χ1) is 8.66. The third kappa shape index (κ3) is 2.00. The number of ether oxygens (including phenoxy) is 1. The van der Waals surface area contributed by atoms with E-state index in [9.17, 15) is 0 Å². The highest BCUT2D eigenvalue weighted by molar-refractivity contribution is 5.04. The van der Waals surface area contributed by atoms with E-state index in [0.29, 0.717) is 6.10 Å². The van der Waals surface area contributed by atoms with E-state index in [1.54, 1.807) is 0 Å². The second kappa shape index (κ2) is 4.77. The Morgan fingerprint density at radius 3 is 2.56 bits per heavy atom. The molecule has 0 aromatic rings. The summed E-state index contributed by atoms with van der Waals surface area (Å²) in [6.07, 6.45) is 8.65. The molecule has 3 fully saturated rings. The van der Waals surface area contributed by atoms with Gasteiger partial charge in [-0.2, -0.15) is 0 Å². The lowest BCUT2D eigenvalue weighted by molar-refractivity contribution is -0.0838. The number of nitrogens with zero attached hydrogens (tertiary/aromatic N) is 1. The molecule has 3 atom stereocenters. The predicted octanol–water partition coefficient (Wildman–Crippen LogP) is 1.86. The Balaban J connectivity index is 1.56. The van der Waals surface area contributed by atoms with Gasteiger partial charge in [-0.3, -0.25) is 4.90 Å². The van der Waals surface area contributed by atoms with Gasteiger partial charge < -0.3 is 10.5 Å². The molecule has 3 aliphatic carbocycles. The molecule has 104 valence electrons. The van der Waals surface area contributed by atoms with Gasteiger partial charge >= 0.3 is 0 Å². The van der Waals surface area contributed by atoms with Gasteiger partial charge in [0.15, 0.2) is 0 Å². The van der Waals surface area contributed by atoms with Crippen LogP contribution in [0.25, 0.3) is 0 Å². The molecule has 0 aliphatic heterocycles. The van der Waals surface area contributed by atoms with Gasteiger partial charge in [0.2, 0.25) is 0 Å². The van der Waals surface area contributed by atoms with E-state index < -0.39 is 0 Å². The molecule has 2 bridgehead atoms. The zero-order valence-electron chi connectivity index (χ0n) is 11.9.